The van der Waals surface area contributed by atoms with Crippen molar-refractivity contribution in [2.45, 2.75) is 59.4 Å². The van der Waals surface area contributed by atoms with Gasteiger partial charge < -0.3 is 0 Å². The molecule has 0 spiro atoms. The lowest BCUT2D eigenvalue weighted by molar-refractivity contribution is 0.277. The summed E-state index contributed by atoms with van der Waals surface area (Å²) < 4.78 is 0. The number of rotatable bonds is 3. The fourth-order valence-electron chi connectivity index (χ4n) is 2.93. The quantitative estimate of drug-likeness (QED) is 0.763. The van der Waals surface area contributed by atoms with Crippen molar-refractivity contribution in [3.63, 3.8) is 0 Å². The molecule has 2 rings (SSSR count). The molecule has 1 aliphatic rings. The van der Waals surface area contributed by atoms with Crippen LogP contribution < -0.4 is 0 Å². The van der Waals surface area contributed by atoms with Gasteiger partial charge in [0, 0.05) is 6.54 Å². The number of hydrogen-bond acceptors (Lipinski definition) is 1. The van der Waals surface area contributed by atoms with Crippen molar-refractivity contribution in [2.24, 2.45) is 5.41 Å². The van der Waals surface area contributed by atoms with Gasteiger partial charge in [0.15, 0.2) is 0 Å². The number of nitrogens with zero attached hydrogens (tertiary/aromatic N) is 1. The van der Waals surface area contributed by atoms with Gasteiger partial charge in [0.05, 0.1) is 0 Å². The lowest BCUT2D eigenvalue weighted by atomic mass is 9.88. The first-order valence-electron chi connectivity index (χ1n) is 7.83. The predicted molar refractivity (Wildman–Crippen MR) is 83.3 cm³/mol. The van der Waals surface area contributed by atoms with Crippen LogP contribution in [0.3, 0.4) is 0 Å². The van der Waals surface area contributed by atoms with Crippen LogP contribution in [0.2, 0.25) is 0 Å². The van der Waals surface area contributed by atoms with Gasteiger partial charge in [-0.15, -0.1) is 0 Å². The second-order valence-electron chi connectivity index (χ2n) is 7.24. The summed E-state index contributed by atoms with van der Waals surface area (Å²) in [5, 5.41) is 0. The summed E-state index contributed by atoms with van der Waals surface area (Å²) >= 11 is 0. The highest BCUT2D eigenvalue weighted by atomic mass is 15.1. The van der Waals surface area contributed by atoms with Crippen LogP contribution >= 0.6 is 0 Å². The molecule has 106 valence electrons. The molecule has 1 fully saturated rings. The van der Waals surface area contributed by atoms with Crippen LogP contribution in [-0.4, -0.2) is 18.0 Å². The fourth-order valence-corrected chi connectivity index (χ4v) is 2.93. The molecular formula is C18H29N. The van der Waals surface area contributed by atoms with Gasteiger partial charge in [0.25, 0.3) is 0 Å². The molecule has 1 aromatic carbocycles. The maximum Gasteiger partial charge on any atom is 0.0233 e. The van der Waals surface area contributed by atoms with Gasteiger partial charge in [-0.2, -0.15) is 0 Å². The van der Waals surface area contributed by atoms with Gasteiger partial charge in [-0.3, -0.25) is 4.90 Å². The molecule has 1 heteroatoms. The molecule has 0 radical (unpaired) electrons. The zero-order valence-corrected chi connectivity index (χ0v) is 12.9. The van der Waals surface area contributed by atoms with Crippen molar-refractivity contribution >= 4 is 0 Å². The van der Waals surface area contributed by atoms with E-state index in [1.54, 1.807) is 0 Å². The van der Waals surface area contributed by atoms with Crippen LogP contribution in [-0.2, 0) is 13.0 Å². The van der Waals surface area contributed by atoms with Gasteiger partial charge in [0.2, 0.25) is 0 Å². The maximum atomic E-state index is 2.62. The van der Waals surface area contributed by atoms with E-state index >= 15 is 0 Å². The zero-order chi connectivity index (χ0) is 13.7. The van der Waals surface area contributed by atoms with Crippen LogP contribution in [0.15, 0.2) is 24.3 Å². The summed E-state index contributed by atoms with van der Waals surface area (Å²) in [7, 11) is 0. The molecule has 1 heterocycles. The van der Waals surface area contributed by atoms with Crippen molar-refractivity contribution in [3.05, 3.63) is 35.4 Å². The van der Waals surface area contributed by atoms with E-state index in [2.05, 4.69) is 49.9 Å². The van der Waals surface area contributed by atoms with E-state index in [4.69, 9.17) is 0 Å². The predicted octanol–water partition coefficient (Wildman–Crippen LogP) is 4.65. The normalized spacial score (nSPS) is 18.3. The average Bonchev–Trinajstić information content (AvgIpc) is 2.58. The van der Waals surface area contributed by atoms with Crippen LogP contribution in [0.1, 0.15) is 57.6 Å². The molecular weight excluding hydrogens is 230 g/mol. The van der Waals surface area contributed by atoms with Crippen molar-refractivity contribution in [3.8, 4) is 0 Å². The summed E-state index contributed by atoms with van der Waals surface area (Å²) in [6, 6.07) is 9.29. The largest absolute Gasteiger partial charge is 0.299 e. The molecule has 0 atom stereocenters. The van der Waals surface area contributed by atoms with Crippen molar-refractivity contribution < 1.29 is 0 Å². The van der Waals surface area contributed by atoms with E-state index in [0.717, 1.165) is 13.0 Å². The standard InChI is InChI=1S/C18H29N/c1-18(2,3)14-16-8-10-17(11-9-16)15-19-12-6-4-5-7-13-19/h8-11H,4-7,12-15H2,1-3H3. The molecule has 0 unspecified atom stereocenters. The Morgan fingerprint density at radius 3 is 1.89 bits per heavy atom. The molecule has 0 aromatic heterocycles. The molecule has 1 nitrogen and oxygen atoms in total. The Hall–Kier alpha value is -0.820. The molecule has 1 aliphatic heterocycles. The molecule has 19 heavy (non-hydrogen) atoms. The first kappa shape index (κ1) is 14.6. The Balaban J connectivity index is 1.90. The smallest absolute Gasteiger partial charge is 0.0233 e. The minimum atomic E-state index is 0.381. The second kappa shape index (κ2) is 6.56. The average molecular weight is 259 g/mol. The Kier molecular flexibility index (Phi) is 5.04. The van der Waals surface area contributed by atoms with E-state index in [0.29, 0.717) is 5.41 Å². The van der Waals surface area contributed by atoms with Crippen molar-refractivity contribution in [1.29, 1.82) is 0 Å². The number of benzene rings is 1. The van der Waals surface area contributed by atoms with Crippen LogP contribution in [0.4, 0.5) is 0 Å². The van der Waals surface area contributed by atoms with Gasteiger partial charge in [-0.1, -0.05) is 57.9 Å². The molecule has 0 saturated carbocycles. The summed E-state index contributed by atoms with van der Waals surface area (Å²) in [5.74, 6) is 0. The summed E-state index contributed by atoms with van der Waals surface area (Å²) in [6.45, 7) is 10.6. The molecule has 0 amide bonds. The molecule has 1 saturated heterocycles. The third-order valence-electron chi connectivity index (χ3n) is 3.86. The third kappa shape index (κ3) is 5.36. The number of likely N-dealkylation sites (tertiary alicyclic amines) is 1. The van der Waals surface area contributed by atoms with Gasteiger partial charge in [0.1, 0.15) is 0 Å². The van der Waals surface area contributed by atoms with Gasteiger partial charge in [-0.25, -0.2) is 0 Å². The monoisotopic (exact) mass is 259 g/mol. The van der Waals surface area contributed by atoms with E-state index in [9.17, 15) is 0 Å². The van der Waals surface area contributed by atoms with Crippen LogP contribution in [0.5, 0.6) is 0 Å². The Bertz CT molecular complexity index is 364. The van der Waals surface area contributed by atoms with E-state index in [1.165, 1.54) is 49.9 Å². The SMILES string of the molecule is CC(C)(C)Cc1ccc(CN2CCCCCC2)cc1. The first-order valence-corrected chi connectivity index (χ1v) is 7.83. The molecule has 0 N–H and O–H groups in total. The lowest BCUT2D eigenvalue weighted by Gasteiger charge is -2.21. The number of hydrogen-bond donors (Lipinski definition) is 0. The highest BCUT2D eigenvalue weighted by Crippen LogP contribution is 2.21. The summed E-state index contributed by atoms with van der Waals surface area (Å²) in [4.78, 5) is 2.62. The minimum absolute atomic E-state index is 0.381. The van der Waals surface area contributed by atoms with E-state index in [-0.39, 0.29) is 0 Å². The second-order valence-corrected chi connectivity index (χ2v) is 7.24. The first-order chi connectivity index (χ1) is 9.03. The Labute approximate surface area is 119 Å². The zero-order valence-electron chi connectivity index (χ0n) is 12.9. The Morgan fingerprint density at radius 2 is 1.37 bits per heavy atom. The van der Waals surface area contributed by atoms with E-state index in [1.807, 2.05) is 0 Å². The topological polar surface area (TPSA) is 3.24 Å². The highest BCUT2D eigenvalue weighted by molar-refractivity contribution is 5.23. The maximum absolute atomic E-state index is 2.62. The minimum Gasteiger partial charge on any atom is -0.299 e. The fraction of sp³-hybridized carbons (Fsp3) is 0.667. The summed E-state index contributed by atoms with van der Waals surface area (Å²) in [6.07, 6.45) is 6.75. The van der Waals surface area contributed by atoms with Gasteiger partial charge in [-0.05, 0) is 48.9 Å². The molecule has 0 bridgehead atoms. The Morgan fingerprint density at radius 1 is 0.842 bits per heavy atom. The highest BCUT2D eigenvalue weighted by Gasteiger charge is 2.12. The van der Waals surface area contributed by atoms with Crippen molar-refractivity contribution in [1.82, 2.24) is 4.90 Å². The third-order valence-corrected chi connectivity index (χ3v) is 3.86. The van der Waals surface area contributed by atoms with Crippen LogP contribution in [0.25, 0.3) is 0 Å². The lowest BCUT2D eigenvalue weighted by Crippen LogP contribution is -2.23. The van der Waals surface area contributed by atoms with Crippen molar-refractivity contribution in [2.75, 3.05) is 13.1 Å². The molecule has 0 aliphatic carbocycles. The van der Waals surface area contributed by atoms with Gasteiger partial charge >= 0.3 is 0 Å². The summed E-state index contributed by atoms with van der Waals surface area (Å²) in [5.41, 5.74) is 3.32. The molecule has 1 aromatic rings. The van der Waals surface area contributed by atoms with E-state index < -0.39 is 0 Å². The van der Waals surface area contributed by atoms with Crippen LogP contribution in [0, 0.1) is 5.41 Å².